The molecule has 1 saturated heterocycles. The summed E-state index contributed by atoms with van der Waals surface area (Å²) in [5.41, 5.74) is 1.29. The Labute approximate surface area is 144 Å². The van der Waals surface area contributed by atoms with Gasteiger partial charge in [-0.25, -0.2) is 9.18 Å². The van der Waals surface area contributed by atoms with E-state index >= 15 is 0 Å². The number of carbonyl (C=O) groups excluding carboxylic acids is 3. The Morgan fingerprint density at radius 1 is 1.08 bits per heavy atom. The van der Waals surface area contributed by atoms with Crippen molar-refractivity contribution in [1.29, 1.82) is 0 Å². The van der Waals surface area contributed by atoms with Gasteiger partial charge < -0.3 is 18.9 Å². The summed E-state index contributed by atoms with van der Waals surface area (Å²) < 4.78 is 34.3. The second-order valence-electron chi connectivity index (χ2n) is 5.64. The van der Waals surface area contributed by atoms with Gasteiger partial charge >= 0.3 is 17.9 Å². The lowest BCUT2D eigenvalue weighted by Crippen LogP contribution is -2.36. The van der Waals surface area contributed by atoms with Gasteiger partial charge in [0.25, 0.3) is 0 Å². The maximum atomic E-state index is 14.4. The molecule has 1 aromatic carbocycles. The van der Waals surface area contributed by atoms with E-state index in [1.165, 1.54) is 0 Å². The number of aryl methyl sites for hydroxylation is 1. The molecule has 1 fully saturated rings. The zero-order chi connectivity index (χ0) is 18.6. The number of alkyl halides is 1. The van der Waals surface area contributed by atoms with Gasteiger partial charge in [0, 0.05) is 13.8 Å². The minimum atomic E-state index is -1.81. The molecule has 0 saturated carbocycles. The molecule has 0 radical (unpaired) electrons. The standard InChI is InChI=1S/C17H19FO7/c1-9-4-6-12(7-5-9)16(21)22-8-13-14(18)15(23-10(2)19)17(25-13)24-11(3)20/h4-7,13-15,17H,8H2,1-3H3/t13-,14?,15+,17-/m1/s1. The summed E-state index contributed by atoms with van der Waals surface area (Å²) in [6.07, 6.45) is -5.83. The van der Waals surface area contributed by atoms with E-state index in [1.807, 2.05) is 6.92 Å². The summed E-state index contributed by atoms with van der Waals surface area (Å²) in [7, 11) is 0. The van der Waals surface area contributed by atoms with Gasteiger partial charge in [-0.3, -0.25) is 9.59 Å². The molecule has 0 aliphatic carbocycles. The van der Waals surface area contributed by atoms with Gasteiger partial charge in [0.15, 0.2) is 12.3 Å². The molecule has 0 aromatic heterocycles. The first kappa shape index (κ1) is 18.9. The molecule has 0 amide bonds. The molecule has 2 rings (SSSR count). The molecule has 1 unspecified atom stereocenters. The highest BCUT2D eigenvalue weighted by Crippen LogP contribution is 2.28. The van der Waals surface area contributed by atoms with Crippen LogP contribution < -0.4 is 0 Å². The van der Waals surface area contributed by atoms with Crippen molar-refractivity contribution in [2.24, 2.45) is 0 Å². The molecule has 136 valence electrons. The first-order chi connectivity index (χ1) is 11.8. The minimum absolute atomic E-state index is 0.312. The van der Waals surface area contributed by atoms with E-state index in [9.17, 15) is 18.8 Å². The Kier molecular flexibility index (Phi) is 6.08. The first-order valence-corrected chi connectivity index (χ1v) is 7.65. The van der Waals surface area contributed by atoms with E-state index in [1.54, 1.807) is 24.3 Å². The van der Waals surface area contributed by atoms with E-state index in [-0.39, 0.29) is 0 Å². The van der Waals surface area contributed by atoms with Crippen LogP contribution in [0.15, 0.2) is 24.3 Å². The maximum absolute atomic E-state index is 14.4. The Balaban J connectivity index is 1.98. The van der Waals surface area contributed by atoms with Gasteiger partial charge in [0.2, 0.25) is 6.29 Å². The maximum Gasteiger partial charge on any atom is 0.338 e. The van der Waals surface area contributed by atoms with Crippen LogP contribution in [0.3, 0.4) is 0 Å². The van der Waals surface area contributed by atoms with Crippen LogP contribution in [0.2, 0.25) is 0 Å². The quantitative estimate of drug-likeness (QED) is 0.587. The lowest BCUT2D eigenvalue weighted by atomic mass is 10.1. The summed E-state index contributed by atoms with van der Waals surface area (Å²) in [5.74, 6) is -2.10. The van der Waals surface area contributed by atoms with Crippen LogP contribution in [0.25, 0.3) is 0 Å². The first-order valence-electron chi connectivity index (χ1n) is 7.65. The topological polar surface area (TPSA) is 88.1 Å². The number of esters is 3. The van der Waals surface area contributed by atoms with E-state index in [0.717, 1.165) is 19.4 Å². The monoisotopic (exact) mass is 354 g/mol. The summed E-state index contributed by atoms with van der Waals surface area (Å²) >= 11 is 0. The third-order valence-corrected chi connectivity index (χ3v) is 3.50. The Morgan fingerprint density at radius 3 is 2.24 bits per heavy atom. The molecule has 25 heavy (non-hydrogen) atoms. The fraction of sp³-hybridized carbons (Fsp3) is 0.471. The number of hydrogen-bond donors (Lipinski definition) is 0. The highest BCUT2D eigenvalue weighted by molar-refractivity contribution is 5.89. The van der Waals surface area contributed by atoms with Crippen molar-refractivity contribution in [3.05, 3.63) is 35.4 Å². The third kappa shape index (κ3) is 4.99. The largest absolute Gasteiger partial charge is 0.459 e. The number of benzene rings is 1. The van der Waals surface area contributed by atoms with Gasteiger partial charge in [-0.1, -0.05) is 17.7 Å². The molecule has 7 nitrogen and oxygen atoms in total. The highest BCUT2D eigenvalue weighted by Gasteiger charge is 2.49. The van der Waals surface area contributed by atoms with Crippen molar-refractivity contribution < 1.29 is 37.7 Å². The molecule has 1 aliphatic heterocycles. The molecule has 0 bridgehead atoms. The number of halogens is 1. The number of rotatable bonds is 5. The van der Waals surface area contributed by atoms with Gasteiger partial charge in [0.05, 0.1) is 5.56 Å². The normalized spacial score (nSPS) is 25.3. The Hall–Kier alpha value is -2.48. The Morgan fingerprint density at radius 2 is 1.68 bits per heavy atom. The van der Waals surface area contributed by atoms with Crippen LogP contribution in [0.1, 0.15) is 29.8 Å². The van der Waals surface area contributed by atoms with Gasteiger partial charge in [-0.15, -0.1) is 0 Å². The average Bonchev–Trinajstić information content (AvgIpc) is 2.81. The van der Waals surface area contributed by atoms with Crippen LogP contribution >= 0.6 is 0 Å². The second kappa shape index (κ2) is 8.06. The van der Waals surface area contributed by atoms with Crippen LogP contribution in [-0.2, 0) is 28.5 Å². The fourth-order valence-electron chi connectivity index (χ4n) is 2.32. The lowest BCUT2D eigenvalue weighted by Gasteiger charge is -2.18. The van der Waals surface area contributed by atoms with E-state index in [0.29, 0.717) is 5.56 Å². The van der Waals surface area contributed by atoms with Crippen molar-refractivity contribution in [3.63, 3.8) is 0 Å². The zero-order valence-electron chi connectivity index (χ0n) is 14.1. The summed E-state index contributed by atoms with van der Waals surface area (Å²) in [5, 5.41) is 0. The second-order valence-corrected chi connectivity index (χ2v) is 5.64. The van der Waals surface area contributed by atoms with E-state index in [2.05, 4.69) is 0 Å². The van der Waals surface area contributed by atoms with Crippen molar-refractivity contribution in [1.82, 2.24) is 0 Å². The lowest BCUT2D eigenvalue weighted by molar-refractivity contribution is -0.195. The van der Waals surface area contributed by atoms with Gasteiger partial charge in [0.1, 0.15) is 12.7 Å². The van der Waals surface area contributed by atoms with Crippen molar-refractivity contribution in [2.45, 2.75) is 45.4 Å². The predicted molar refractivity (Wildman–Crippen MR) is 82.3 cm³/mol. The summed E-state index contributed by atoms with van der Waals surface area (Å²) in [6, 6.07) is 6.66. The van der Waals surface area contributed by atoms with Crippen LogP contribution in [0.5, 0.6) is 0 Å². The summed E-state index contributed by atoms with van der Waals surface area (Å²) in [6.45, 7) is 3.68. The van der Waals surface area contributed by atoms with Crippen LogP contribution in [0.4, 0.5) is 4.39 Å². The molecule has 1 aromatic rings. The minimum Gasteiger partial charge on any atom is -0.459 e. The van der Waals surface area contributed by atoms with Crippen molar-refractivity contribution in [3.8, 4) is 0 Å². The highest BCUT2D eigenvalue weighted by atomic mass is 19.1. The molecule has 0 N–H and O–H groups in total. The smallest absolute Gasteiger partial charge is 0.338 e. The molecular weight excluding hydrogens is 335 g/mol. The number of ether oxygens (including phenoxy) is 4. The molecule has 0 spiro atoms. The number of hydrogen-bond acceptors (Lipinski definition) is 7. The zero-order valence-corrected chi connectivity index (χ0v) is 14.1. The third-order valence-electron chi connectivity index (χ3n) is 3.50. The fourth-order valence-corrected chi connectivity index (χ4v) is 2.32. The van der Waals surface area contributed by atoms with Crippen molar-refractivity contribution >= 4 is 17.9 Å². The molecule has 1 aliphatic rings. The summed E-state index contributed by atoms with van der Waals surface area (Å²) in [4.78, 5) is 34.1. The van der Waals surface area contributed by atoms with Gasteiger partial charge in [-0.2, -0.15) is 0 Å². The molecular formula is C17H19FO7. The molecule has 4 atom stereocenters. The SMILES string of the molecule is CC(=O)O[C@@H]1O[C@H](COC(=O)c2ccc(C)cc2)C(F)[C@@H]1OC(C)=O. The average molecular weight is 354 g/mol. The van der Waals surface area contributed by atoms with Crippen LogP contribution in [0, 0.1) is 6.92 Å². The molecule has 8 heteroatoms. The predicted octanol–water partition coefficient (Wildman–Crippen LogP) is 1.71. The Bertz CT molecular complexity index is 643. The van der Waals surface area contributed by atoms with Crippen LogP contribution in [-0.4, -0.2) is 49.2 Å². The van der Waals surface area contributed by atoms with Crippen molar-refractivity contribution in [2.75, 3.05) is 6.61 Å². The van der Waals surface area contributed by atoms with E-state index in [4.69, 9.17) is 18.9 Å². The van der Waals surface area contributed by atoms with E-state index < -0.39 is 49.2 Å². The van der Waals surface area contributed by atoms with Gasteiger partial charge in [-0.05, 0) is 19.1 Å². The number of carbonyl (C=O) groups is 3. The molecule has 1 heterocycles.